The maximum Gasteiger partial charge on any atom is 0.0178 e. The van der Waals surface area contributed by atoms with E-state index in [0.29, 0.717) is 0 Å². The highest BCUT2D eigenvalue weighted by atomic mass is 79.9. The van der Waals surface area contributed by atoms with Gasteiger partial charge in [-0.25, -0.2) is 0 Å². The molecule has 0 nitrogen and oxygen atoms in total. The molecule has 0 aliphatic rings. The van der Waals surface area contributed by atoms with Crippen molar-refractivity contribution >= 4 is 15.9 Å². The molecule has 114 valence electrons. The minimum atomic E-state index is 0.765. The van der Waals surface area contributed by atoms with Gasteiger partial charge in [0, 0.05) is 4.47 Å². The Bertz CT molecular complexity index is 333. The summed E-state index contributed by atoms with van der Waals surface area (Å²) in [6.07, 6.45) is 13.7. The minimum Gasteiger partial charge on any atom is -0.0654 e. The van der Waals surface area contributed by atoms with E-state index in [1.807, 2.05) is 0 Å². The van der Waals surface area contributed by atoms with Crippen molar-refractivity contribution in [3.63, 3.8) is 0 Å². The lowest BCUT2D eigenvalue weighted by atomic mass is 9.88. The molecule has 0 radical (unpaired) electrons. The Morgan fingerprint density at radius 2 is 1.45 bits per heavy atom. The molecule has 0 amide bonds. The van der Waals surface area contributed by atoms with E-state index in [1.165, 1.54) is 74.2 Å². The summed E-state index contributed by atoms with van der Waals surface area (Å²) < 4.78 is 1.22. The predicted molar refractivity (Wildman–Crippen MR) is 94.4 cm³/mol. The normalized spacial score (nSPS) is 11.2. The lowest BCUT2D eigenvalue weighted by molar-refractivity contribution is 0.496. The first-order chi connectivity index (χ1) is 9.77. The van der Waals surface area contributed by atoms with Crippen LogP contribution in [-0.2, 0) is 0 Å². The average Bonchev–Trinajstić information content (AvgIpc) is 2.45. The fourth-order valence-electron chi connectivity index (χ4n) is 2.87. The molecule has 0 saturated carbocycles. The van der Waals surface area contributed by atoms with Crippen molar-refractivity contribution in [1.29, 1.82) is 0 Å². The molecule has 0 fully saturated rings. The third kappa shape index (κ3) is 7.47. The highest BCUT2D eigenvalue weighted by Gasteiger charge is 2.11. The molecule has 20 heavy (non-hydrogen) atoms. The molecular weight excluding hydrogens is 308 g/mol. The maximum absolute atomic E-state index is 3.62. The molecule has 0 aliphatic carbocycles. The average molecular weight is 339 g/mol. The summed E-state index contributed by atoms with van der Waals surface area (Å²) in [5, 5.41) is 0. The van der Waals surface area contributed by atoms with Crippen molar-refractivity contribution in [1.82, 2.24) is 0 Å². The first-order valence-electron chi connectivity index (χ1n) is 8.53. The molecule has 1 aromatic rings. The summed E-state index contributed by atoms with van der Waals surface area (Å²) in [5.74, 6) is 0.765. The molecule has 0 aliphatic heterocycles. The molecule has 1 aromatic carbocycles. The van der Waals surface area contributed by atoms with Crippen molar-refractivity contribution in [2.24, 2.45) is 0 Å². The van der Waals surface area contributed by atoms with Gasteiger partial charge in [0.2, 0.25) is 0 Å². The van der Waals surface area contributed by atoms with Gasteiger partial charge in [-0.05, 0) is 36.5 Å². The fraction of sp³-hybridized carbons (Fsp3) is 0.684. The van der Waals surface area contributed by atoms with Crippen LogP contribution in [0.2, 0.25) is 0 Å². The summed E-state index contributed by atoms with van der Waals surface area (Å²) in [6, 6.07) is 8.96. The first-order valence-corrected chi connectivity index (χ1v) is 9.32. The van der Waals surface area contributed by atoms with E-state index in [4.69, 9.17) is 0 Å². The van der Waals surface area contributed by atoms with Crippen LogP contribution in [0.5, 0.6) is 0 Å². The molecule has 0 spiro atoms. The van der Waals surface area contributed by atoms with Crippen molar-refractivity contribution in [3.05, 3.63) is 34.3 Å². The van der Waals surface area contributed by atoms with Gasteiger partial charge in [-0.2, -0.15) is 0 Å². The van der Waals surface area contributed by atoms with Gasteiger partial charge in [0.05, 0.1) is 0 Å². The van der Waals surface area contributed by atoms with Gasteiger partial charge in [-0.1, -0.05) is 93.3 Å². The Morgan fingerprint density at radius 3 is 1.95 bits per heavy atom. The first kappa shape index (κ1) is 17.8. The van der Waals surface area contributed by atoms with Crippen molar-refractivity contribution < 1.29 is 0 Å². The van der Waals surface area contributed by atoms with Crippen LogP contribution < -0.4 is 0 Å². The number of halogens is 1. The van der Waals surface area contributed by atoms with Gasteiger partial charge in [-0.3, -0.25) is 0 Å². The van der Waals surface area contributed by atoms with Gasteiger partial charge < -0.3 is 0 Å². The van der Waals surface area contributed by atoms with Gasteiger partial charge in [0.25, 0.3) is 0 Å². The van der Waals surface area contributed by atoms with Crippen LogP contribution in [0.3, 0.4) is 0 Å². The zero-order chi connectivity index (χ0) is 14.6. The Kier molecular flexibility index (Phi) is 10.1. The lowest BCUT2D eigenvalue weighted by Gasteiger charge is -2.18. The molecule has 0 heterocycles. The van der Waals surface area contributed by atoms with E-state index in [1.54, 1.807) is 0 Å². The second kappa shape index (κ2) is 11.4. The summed E-state index contributed by atoms with van der Waals surface area (Å²) in [6.45, 7) is 4.58. The molecule has 0 N–H and O–H groups in total. The molecule has 0 atom stereocenters. The van der Waals surface area contributed by atoms with Gasteiger partial charge in [0.15, 0.2) is 0 Å². The molecule has 0 saturated heterocycles. The highest BCUT2D eigenvalue weighted by molar-refractivity contribution is 9.10. The predicted octanol–water partition coefficient (Wildman–Crippen LogP) is 7.47. The summed E-state index contributed by atoms with van der Waals surface area (Å²) in [4.78, 5) is 0. The van der Waals surface area contributed by atoms with Crippen LogP contribution in [0, 0.1) is 0 Å². The summed E-state index contributed by atoms with van der Waals surface area (Å²) >= 11 is 3.62. The maximum atomic E-state index is 3.62. The third-order valence-electron chi connectivity index (χ3n) is 4.13. The van der Waals surface area contributed by atoms with Gasteiger partial charge >= 0.3 is 0 Å². The number of rotatable bonds is 11. The Hall–Kier alpha value is -0.300. The zero-order valence-electron chi connectivity index (χ0n) is 13.3. The third-order valence-corrected chi connectivity index (χ3v) is 4.63. The Balaban J connectivity index is 2.49. The molecular formula is C19H31Br. The largest absolute Gasteiger partial charge is 0.0654 e. The zero-order valence-corrected chi connectivity index (χ0v) is 14.9. The molecule has 0 aromatic heterocycles. The standard InChI is InChI=1S/C19H31Br/c1-3-5-7-9-12-17(13-10-8-6-4-2)18-14-11-15-19(20)16-18/h11,14-17H,3-10,12-13H2,1-2H3. The fourth-order valence-corrected chi connectivity index (χ4v) is 3.29. The molecule has 0 bridgehead atoms. The second-order valence-electron chi connectivity index (χ2n) is 5.95. The van der Waals surface area contributed by atoms with Crippen molar-refractivity contribution in [2.75, 3.05) is 0 Å². The van der Waals surface area contributed by atoms with Crippen LogP contribution in [0.1, 0.15) is 89.5 Å². The van der Waals surface area contributed by atoms with Crippen LogP contribution in [0.15, 0.2) is 28.7 Å². The highest BCUT2D eigenvalue weighted by Crippen LogP contribution is 2.30. The quantitative estimate of drug-likeness (QED) is 0.367. The van der Waals surface area contributed by atoms with E-state index in [0.717, 1.165) is 5.92 Å². The summed E-state index contributed by atoms with van der Waals surface area (Å²) in [7, 11) is 0. The molecule has 0 unspecified atom stereocenters. The number of hydrogen-bond acceptors (Lipinski definition) is 0. The van der Waals surface area contributed by atoms with Crippen molar-refractivity contribution in [2.45, 2.75) is 84.0 Å². The Labute approximate surface area is 134 Å². The van der Waals surface area contributed by atoms with Crippen molar-refractivity contribution in [3.8, 4) is 0 Å². The number of unbranched alkanes of at least 4 members (excludes halogenated alkanes) is 6. The minimum absolute atomic E-state index is 0.765. The molecule has 1 rings (SSSR count). The van der Waals surface area contributed by atoms with E-state index < -0.39 is 0 Å². The monoisotopic (exact) mass is 338 g/mol. The van der Waals surface area contributed by atoms with Gasteiger partial charge in [-0.15, -0.1) is 0 Å². The van der Waals surface area contributed by atoms with E-state index in [9.17, 15) is 0 Å². The van der Waals surface area contributed by atoms with E-state index in [2.05, 4.69) is 54.0 Å². The number of hydrogen-bond donors (Lipinski definition) is 0. The molecule has 1 heteroatoms. The van der Waals surface area contributed by atoms with E-state index in [-0.39, 0.29) is 0 Å². The second-order valence-corrected chi connectivity index (χ2v) is 6.87. The number of benzene rings is 1. The van der Waals surface area contributed by atoms with Crippen LogP contribution in [-0.4, -0.2) is 0 Å². The topological polar surface area (TPSA) is 0 Å². The SMILES string of the molecule is CCCCCCC(CCCCCC)c1cccc(Br)c1. The smallest absolute Gasteiger partial charge is 0.0178 e. The van der Waals surface area contributed by atoms with Crippen LogP contribution in [0.25, 0.3) is 0 Å². The Morgan fingerprint density at radius 1 is 0.850 bits per heavy atom. The lowest BCUT2D eigenvalue weighted by Crippen LogP contribution is -2.00. The summed E-state index contributed by atoms with van der Waals surface area (Å²) in [5.41, 5.74) is 1.53. The van der Waals surface area contributed by atoms with Gasteiger partial charge in [0.1, 0.15) is 0 Å². The van der Waals surface area contributed by atoms with E-state index >= 15 is 0 Å². The van der Waals surface area contributed by atoms with Crippen LogP contribution >= 0.6 is 15.9 Å². The van der Waals surface area contributed by atoms with Crippen LogP contribution in [0.4, 0.5) is 0 Å².